The molecule has 0 fully saturated rings. The molecule has 0 saturated carbocycles. The van der Waals surface area contributed by atoms with Gasteiger partial charge < -0.3 is 19.1 Å². The van der Waals surface area contributed by atoms with Gasteiger partial charge in [-0.3, -0.25) is 14.5 Å². The highest BCUT2D eigenvalue weighted by molar-refractivity contribution is 5.94. The van der Waals surface area contributed by atoms with Crippen molar-refractivity contribution in [2.75, 3.05) is 26.8 Å². The van der Waals surface area contributed by atoms with Crippen LogP contribution < -0.4 is 9.47 Å². The maximum absolute atomic E-state index is 13.6. The average Bonchev–Trinajstić information content (AvgIpc) is 3.12. The fourth-order valence-electron chi connectivity index (χ4n) is 5.15. The number of methoxy groups -OCH3 is 1. The normalized spacial score (nSPS) is 10.8. The molecular formula is C40H40N2O5. The molecule has 0 unspecified atom stereocenters. The van der Waals surface area contributed by atoms with Gasteiger partial charge in [0.15, 0.2) is 0 Å². The number of carbonyl (C=O) groups is 2. The lowest BCUT2D eigenvalue weighted by molar-refractivity contribution is -0.140. The maximum Gasteiger partial charge on any atom is 0.307 e. The number of esters is 1. The Morgan fingerprint density at radius 3 is 1.64 bits per heavy atom. The van der Waals surface area contributed by atoms with Gasteiger partial charge in [-0.25, -0.2) is 0 Å². The van der Waals surface area contributed by atoms with Crippen molar-refractivity contribution in [2.24, 2.45) is 0 Å². The fourth-order valence-corrected chi connectivity index (χ4v) is 5.15. The molecule has 5 aromatic rings. The minimum Gasteiger partial charge on any atom is -0.492 e. The third kappa shape index (κ3) is 10.6. The van der Waals surface area contributed by atoms with Crippen LogP contribution in [0.3, 0.4) is 0 Å². The molecule has 0 aliphatic heterocycles. The van der Waals surface area contributed by atoms with Crippen LogP contribution >= 0.6 is 0 Å². The molecule has 240 valence electrons. The molecule has 0 radical (unpaired) electrons. The predicted octanol–water partition coefficient (Wildman–Crippen LogP) is 7.77. The van der Waals surface area contributed by atoms with E-state index in [9.17, 15) is 9.59 Å². The summed E-state index contributed by atoms with van der Waals surface area (Å²) in [4.78, 5) is 29.6. The summed E-state index contributed by atoms with van der Waals surface area (Å²) in [5.41, 5.74) is 3.93. The Morgan fingerprint density at radius 2 is 1.06 bits per heavy atom. The molecule has 47 heavy (non-hydrogen) atoms. The zero-order valence-electron chi connectivity index (χ0n) is 26.7. The molecule has 5 aromatic carbocycles. The Balaban J connectivity index is 1.19. The van der Waals surface area contributed by atoms with Crippen LogP contribution in [0.15, 0.2) is 140 Å². The van der Waals surface area contributed by atoms with Crippen molar-refractivity contribution in [3.8, 4) is 17.2 Å². The lowest BCUT2D eigenvalue weighted by Gasteiger charge is -2.23. The van der Waals surface area contributed by atoms with Crippen LogP contribution in [0.25, 0.3) is 0 Å². The summed E-state index contributed by atoms with van der Waals surface area (Å²) >= 11 is 0. The van der Waals surface area contributed by atoms with Gasteiger partial charge >= 0.3 is 5.97 Å². The summed E-state index contributed by atoms with van der Waals surface area (Å²) in [7, 11) is 1.35. The molecule has 0 N–H and O–H groups in total. The molecule has 1 amide bonds. The molecule has 0 aromatic heterocycles. The van der Waals surface area contributed by atoms with Crippen molar-refractivity contribution in [3.63, 3.8) is 0 Å². The van der Waals surface area contributed by atoms with Crippen LogP contribution in [0.5, 0.6) is 17.2 Å². The van der Waals surface area contributed by atoms with E-state index in [4.69, 9.17) is 14.2 Å². The summed E-state index contributed by atoms with van der Waals surface area (Å²) < 4.78 is 16.8. The third-order valence-electron chi connectivity index (χ3n) is 7.65. The Kier molecular flexibility index (Phi) is 12.2. The largest absolute Gasteiger partial charge is 0.492 e. The van der Waals surface area contributed by atoms with E-state index in [0.717, 1.165) is 30.9 Å². The van der Waals surface area contributed by atoms with Crippen LogP contribution in [0, 0.1) is 0 Å². The number of hydrogen-bond acceptors (Lipinski definition) is 6. The average molecular weight is 629 g/mol. The monoisotopic (exact) mass is 628 g/mol. The van der Waals surface area contributed by atoms with Crippen LogP contribution in [-0.4, -0.2) is 48.5 Å². The van der Waals surface area contributed by atoms with Gasteiger partial charge in [0, 0.05) is 38.3 Å². The first-order valence-corrected chi connectivity index (χ1v) is 15.8. The minimum absolute atomic E-state index is 0.0983. The zero-order valence-corrected chi connectivity index (χ0v) is 26.7. The number of hydrogen-bond donors (Lipinski definition) is 0. The van der Waals surface area contributed by atoms with Crippen LogP contribution in [0.1, 0.15) is 33.5 Å². The van der Waals surface area contributed by atoms with Gasteiger partial charge in [-0.15, -0.1) is 0 Å². The number of rotatable bonds is 16. The molecule has 7 heteroatoms. The molecule has 0 spiro atoms. The number of benzene rings is 5. The number of para-hydroxylation sites is 1. The molecule has 0 saturated heterocycles. The standard InChI is InChI=1S/C40H40N2O5/c1-45-39(43)25-26-42(31-34-17-21-38(22-18-34)47-37-15-9-4-10-16-37)40(44)35-19-23-36(24-20-35)46-28-27-41(29-32-11-5-2-6-12-32)30-33-13-7-3-8-14-33/h2-24H,25-31H2,1H3. The molecule has 0 aliphatic rings. The molecule has 0 bridgehead atoms. The Labute approximate surface area is 276 Å². The number of nitrogens with zero attached hydrogens (tertiary/aromatic N) is 2. The second kappa shape index (κ2) is 17.3. The van der Waals surface area contributed by atoms with Crippen molar-refractivity contribution in [2.45, 2.75) is 26.1 Å². The number of ether oxygens (including phenoxy) is 3. The van der Waals surface area contributed by atoms with Gasteiger partial charge in [-0.05, 0) is 65.2 Å². The summed E-state index contributed by atoms with van der Waals surface area (Å²) in [5.74, 6) is 1.59. The quantitative estimate of drug-likeness (QED) is 0.104. The molecule has 0 aliphatic carbocycles. The Hall–Kier alpha value is -5.40. The van der Waals surface area contributed by atoms with E-state index in [1.165, 1.54) is 18.2 Å². The van der Waals surface area contributed by atoms with Crippen LogP contribution in [0.2, 0.25) is 0 Å². The highest BCUT2D eigenvalue weighted by atomic mass is 16.5. The first-order chi connectivity index (χ1) is 23.1. The van der Waals surface area contributed by atoms with E-state index >= 15 is 0 Å². The molecule has 7 nitrogen and oxygen atoms in total. The fraction of sp³-hybridized carbons (Fsp3) is 0.200. The Morgan fingerprint density at radius 1 is 0.553 bits per heavy atom. The van der Waals surface area contributed by atoms with Crippen molar-refractivity contribution in [1.82, 2.24) is 9.80 Å². The molecule has 0 heterocycles. The first-order valence-electron chi connectivity index (χ1n) is 15.8. The number of carbonyl (C=O) groups excluding carboxylic acids is 2. The van der Waals surface area contributed by atoms with Gasteiger partial charge in [-0.1, -0.05) is 91.0 Å². The van der Waals surface area contributed by atoms with E-state index in [0.29, 0.717) is 30.2 Å². The Bertz CT molecular complexity index is 1620. The van der Waals surface area contributed by atoms with E-state index in [1.807, 2.05) is 78.9 Å². The highest BCUT2D eigenvalue weighted by Crippen LogP contribution is 2.22. The maximum atomic E-state index is 13.6. The third-order valence-corrected chi connectivity index (χ3v) is 7.65. The lowest BCUT2D eigenvalue weighted by atomic mass is 10.1. The summed E-state index contributed by atoms with van der Waals surface area (Å²) in [6.45, 7) is 3.43. The lowest BCUT2D eigenvalue weighted by Crippen LogP contribution is -2.32. The van der Waals surface area contributed by atoms with Crippen LogP contribution in [-0.2, 0) is 29.2 Å². The predicted molar refractivity (Wildman–Crippen MR) is 183 cm³/mol. The molecule has 5 rings (SSSR count). The second-order valence-corrected chi connectivity index (χ2v) is 11.2. The van der Waals surface area contributed by atoms with E-state index < -0.39 is 0 Å². The topological polar surface area (TPSA) is 68.3 Å². The van der Waals surface area contributed by atoms with E-state index in [2.05, 4.69) is 53.4 Å². The van der Waals surface area contributed by atoms with Crippen molar-refractivity contribution < 1.29 is 23.8 Å². The van der Waals surface area contributed by atoms with Gasteiger partial charge in [0.1, 0.15) is 23.9 Å². The summed E-state index contributed by atoms with van der Waals surface area (Å²) in [6, 6.07) is 45.2. The van der Waals surface area contributed by atoms with Gasteiger partial charge in [0.2, 0.25) is 0 Å². The highest BCUT2D eigenvalue weighted by Gasteiger charge is 2.18. The van der Waals surface area contributed by atoms with Gasteiger partial charge in [-0.2, -0.15) is 0 Å². The second-order valence-electron chi connectivity index (χ2n) is 11.2. The SMILES string of the molecule is COC(=O)CCN(Cc1ccc(Oc2ccccc2)cc1)C(=O)c1ccc(OCCN(Cc2ccccc2)Cc2ccccc2)cc1. The minimum atomic E-state index is -0.369. The van der Waals surface area contributed by atoms with Crippen molar-refractivity contribution in [1.29, 1.82) is 0 Å². The first kappa shape index (κ1) is 33.0. The van der Waals surface area contributed by atoms with Crippen molar-refractivity contribution >= 4 is 11.9 Å². The van der Waals surface area contributed by atoms with Crippen molar-refractivity contribution in [3.05, 3.63) is 162 Å². The van der Waals surface area contributed by atoms with E-state index in [-0.39, 0.29) is 24.8 Å². The molecule has 0 atom stereocenters. The van der Waals surface area contributed by atoms with Gasteiger partial charge in [0.05, 0.1) is 13.5 Å². The van der Waals surface area contributed by atoms with Crippen LogP contribution in [0.4, 0.5) is 0 Å². The molecular weight excluding hydrogens is 588 g/mol. The number of amides is 1. The van der Waals surface area contributed by atoms with E-state index in [1.54, 1.807) is 17.0 Å². The zero-order chi connectivity index (χ0) is 32.7. The summed E-state index contributed by atoms with van der Waals surface area (Å²) in [5, 5.41) is 0. The smallest absolute Gasteiger partial charge is 0.307 e. The summed E-state index contributed by atoms with van der Waals surface area (Å²) in [6.07, 6.45) is 0.0983. The van der Waals surface area contributed by atoms with Gasteiger partial charge in [0.25, 0.3) is 5.91 Å².